The molecule has 11 nitrogen and oxygen atoms in total. The minimum atomic E-state index is -1.38. The van der Waals surface area contributed by atoms with E-state index < -0.39 is 36.8 Å². The summed E-state index contributed by atoms with van der Waals surface area (Å²) in [5.41, 5.74) is 6.24. The highest BCUT2D eigenvalue weighted by Crippen LogP contribution is 2.28. The number of nitrogens with zero attached hydrogens (tertiary/aromatic N) is 5. The molecule has 0 saturated carbocycles. The van der Waals surface area contributed by atoms with Crippen molar-refractivity contribution in [3.05, 3.63) is 34.1 Å². The number of aryl methyl sites for hydroxylation is 1. The molecule has 11 heteroatoms. The molecule has 3 rings (SSSR count). The van der Waals surface area contributed by atoms with Crippen molar-refractivity contribution in [1.82, 2.24) is 24.5 Å². The number of aliphatic hydroxyl groups excluding tert-OH is 3. The van der Waals surface area contributed by atoms with Crippen LogP contribution in [0.4, 0.5) is 5.82 Å². The van der Waals surface area contributed by atoms with E-state index in [0.29, 0.717) is 5.56 Å². The van der Waals surface area contributed by atoms with Gasteiger partial charge in [0.05, 0.1) is 18.8 Å². The predicted octanol–water partition coefficient (Wildman–Crippen LogP) is -2.61. The second-order valence-electron chi connectivity index (χ2n) is 5.63. The van der Waals surface area contributed by atoms with Crippen LogP contribution in [0.25, 0.3) is 0 Å². The molecular weight excluding hydrogens is 320 g/mol. The first-order valence-corrected chi connectivity index (χ1v) is 7.27. The van der Waals surface area contributed by atoms with E-state index in [4.69, 9.17) is 15.6 Å². The summed E-state index contributed by atoms with van der Waals surface area (Å²) in [4.78, 5) is 15.8. The predicted molar refractivity (Wildman–Crippen MR) is 79.8 cm³/mol. The summed E-state index contributed by atoms with van der Waals surface area (Å²) in [6, 6.07) is 0. The standard InChI is InChI=1S/C13H18N6O5/c1-6-2-18(17-16-6)3-7-4-19(13(23)15-11(7)14)12-10(22)9(21)8(5-20)24-12/h2,4,8-10,12,20-22H,3,5H2,1H3,(H2,14,15,23). The number of hydrogen-bond acceptors (Lipinski definition) is 9. The van der Waals surface area contributed by atoms with Gasteiger partial charge in [-0.3, -0.25) is 4.57 Å². The second kappa shape index (κ2) is 6.28. The molecule has 4 atom stereocenters. The van der Waals surface area contributed by atoms with Gasteiger partial charge in [-0.1, -0.05) is 5.21 Å². The molecule has 2 aromatic rings. The van der Waals surface area contributed by atoms with Gasteiger partial charge in [0.25, 0.3) is 0 Å². The van der Waals surface area contributed by atoms with Crippen LogP contribution in [0.3, 0.4) is 0 Å². The van der Waals surface area contributed by atoms with E-state index in [1.54, 1.807) is 13.1 Å². The fourth-order valence-corrected chi connectivity index (χ4v) is 2.58. The van der Waals surface area contributed by atoms with Gasteiger partial charge in [0.1, 0.15) is 24.1 Å². The van der Waals surface area contributed by atoms with E-state index in [9.17, 15) is 15.0 Å². The molecular formula is C13H18N6O5. The first-order chi connectivity index (χ1) is 11.4. The maximum absolute atomic E-state index is 12.1. The molecule has 0 bridgehead atoms. The molecule has 0 aromatic carbocycles. The van der Waals surface area contributed by atoms with Crippen LogP contribution in [0, 0.1) is 6.92 Å². The molecule has 1 saturated heterocycles. The summed E-state index contributed by atoms with van der Waals surface area (Å²) in [6.07, 6.45) is -1.77. The Labute approximate surface area is 135 Å². The number of aromatic nitrogens is 5. The number of nitrogens with two attached hydrogens (primary N) is 1. The first-order valence-electron chi connectivity index (χ1n) is 7.27. The zero-order valence-electron chi connectivity index (χ0n) is 12.8. The Morgan fingerprint density at radius 1 is 1.33 bits per heavy atom. The highest BCUT2D eigenvalue weighted by Gasteiger charge is 2.43. The summed E-state index contributed by atoms with van der Waals surface area (Å²) in [5.74, 6) is 0.0242. The lowest BCUT2D eigenvalue weighted by Crippen LogP contribution is -2.36. The lowest BCUT2D eigenvalue weighted by atomic mass is 10.1. The molecule has 4 unspecified atom stereocenters. The Morgan fingerprint density at radius 3 is 2.67 bits per heavy atom. The molecule has 0 aliphatic carbocycles. The average molecular weight is 338 g/mol. The van der Waals surface area contributed by atoms with Crippen LogP contribution in [-0.2, 0) is 11.3 Å². The second-order valence-corrected chi connectivity index (χ2v) is 5.63. The summed E-state index contributed by atoms with van der Waals surface area (Å²) < 4.78 is 7.91. The van der Waals surface area contributed by atoms with Crippen molar-refractivity contribution in [3.8, 4) is 0 Å². The van der Waals surface area contributed by atoms with Gasteiger partial charge in [-0.15, -0.1) is 5.10 Å². The Kier molecular flexibility index (Phi) is 4.32. The Bertz CT molecular complexity index is 789. The van der Waals surface area contributed by atoms with Crippen LogP contribution in [-0.4, -0.2) is 64.8 Å². The summed E-state index contributed by atoms with van der Waals surface area (Å²) in [7, 11) is 0. The van der Waals surface area contributed by atoms with Crippen molar-refractivity contribution in [2.24, 2.45) is 0 Å². The molecule has 0 amide bonds. The monoisotopic (exact) mass is 338 g/mol. The summed E-state index contributed by atoms with van der Waals surface area (Å²) >= 11 is 0. The topological polar surface area (TPSA) is 162 Å². The van der Waals surface area contributed by atoms with Crippen molar-refractivity contribution in [1.29, 1.82) is 0 Å². The zero-order valence-corrected chi connectivity index (χ0v) is 12.8. The maximum atomic E-state index is 12.1. The fourth-order valence-electron chi connectivity index (χ4n) is 2.58. The van der Waals surface area contributed by atoms with Gasteiger partial charge >= 0.3 is 5.69 Å². The van der Waals surface area contributed by atoms with Gasteiger partial charge in [0.15, 0.2) is 6.23 Å². The van der Waals surface area contributed by atoms with Crippen LogP contribution in [0.2, 0.25) is 0 Å². The SMILES string of the molecule is Cc1cn(Cc2cn(C3OC(CO)C(O)C3O)c(=O)nc2N)nn1. The lowest BCUT2D eigenvalue weighted by Gasteiger charge is -2.18. The number of nitrogen functional groups attached to an aromatic ring is 1. The van der Waals surface area contributed by atoms with E-state index >= 15 is 0 Å². The van der Waals surface area contributed by atoms with Crippen LogP contribution >= 0.6 is 0 Å². The number of rotatable bonds is 4. The molecule has 0 spiro atoms. The van der Waals surface area contributed by atoms with E-state index in [2.05, 4.69) is 15.3 Å². The molecule has 2 aromatic heterocycles. The fraction of sp³-hybridized carbons (Fsp3) is 0.538. The minimum Gasteiger partial charge on any atom is -0.394 e. The number of anilines is 1. The summed E-state index contributed by atoms with van der Waals surface area (Å²) in [5, 5.41) is 36.8. The Hall–Kier alpha value is -2.34. The average Bonchev–Trinajstić information content (AvgIpc) is 3.07. The quantitative estimate of drug-likeness (QED) is 0.468. The molecule has 3 heterocycles. The van der Waals surface area contributed by atoms with E-state index in [0.717, 1.165) is 10.3 Å². The third-order valence-electron chi connectivity index (χ3n) is 3.84. The molecule has 130 valence electrons. The van der Waals surface area contributed by atoms with Crippen molar-refractivity contribution in [2.45, 2.75) is 38.0 Å². The number of hydrogen-bond donors (Lipinski definition) is 4. The van der Waals surface area contributed by atoms with E-state index in [1.165, 1.54) is 10.9 Å². The smallest absolute Gasteiger partial charge is 0.351 e. The van der Waals surface area contributed by atoms with Gasteiger partial charge in [-0.25, -0.2) is 9.48 Å². The van der Waals surface area contributed by atoms with E-state index in [-0.39, 0.29) is 12.4 Å². The molecule has 1 aliphatic heterocycles. The third-order valence-corrected chi connectivity index (χ3v) is 3.84. The molecule has 24 heavy (non-hydrogen) atoms. The zero-order chi connectivity index (χ0) is 17.4. The highest BCUT2D eigenvalue weighted by atomic mass is 16.6. The van der Waals surface area contributed by atoms with Gasteiger partial charge < -0.3 is 25.8 Å². The largest absolute Gasteiger partial charge is 0.394 e. The minimum absolute atomic E-state index is 0.0242. The van der Waals surface area contributed by atoms with Crippen LogP contribution < -0.4 is 11.4 Å². The molecule has 0 radical (unpaired) electrons. The molecule has 1 fully saturated rings. The third kappa shape index (κ3) is 2.89. The Balaban J connectivity index is 1.94. The van der Waals surface area contributed by atoms with Crippen molar-refractivity contribution < 1.29 is 20.1 Å². The van der Waals surface area contributed by atoms with Gasteiger partial charge in [-0.05, 0) is 6.92 Å². The van der Waals surface area contributed by atoms with Gasteiger partial charge in [-0.2, -0.15) is 4.98 Å². The normalized spacial score (nSPS) is 26.8. The molecule has 5 N–H and O–H groups in total. The lowest BCUT2D eigenvalue weighted by molar-refractivity contribution is -0.0550. The van der Waals surface area contributed by atoms with Crippen LogP contribution in [0.5, 0.6) is 0 Å². The van der Waals surface area contributed by atoms with Crippen molar-refractivity contribution >= 4 is 5.82 Å². The van der Waals surface area contributed by atoms with Gasteiger partial charge in [0.2, 0.25) is 0 Å². The first kappa shape index (κ1) is 16.5. The summed E-state index contributed by atoms with van der Waals surface area (Å²) in [6.45, 7) is 1.51. The number of ether oxygens (including phenoxy) is 1. The number of aliphatic hydroxyl groups is 3. The van der Waals surface area contributed by atoms with Gasteiger partial charge in [0, 0.05) is 18.0 Å². The molecule has 1 aliphatic rings. The van der Waals surface area contributed by atoms with Crippen molar-refractivity contribution in [3.63, 3.8) is 0 Å². The van der Waals surface area contributed by atoms with Crippen LogP contribution in [0.1, 0.15) is 17.5 Å². The van der Waals surface area contributed by atoms with Crippen molar-refractivity contribution in [2.75, 3.05) is 12.3 Å². The maximum Gasteiger partial charge on any atom is 0.351 e. The van der Waals surface area contributed by atoms with E-state index in [1.807, 2.05) is 0 Å². The highest BCUT2D eigenvalue weighted by molar-refractivity contribution is 5.37. The Morgan fingerprint density at radius 2 is 2.08 bits per heavy atom. The van der Waals surface area contributed by atoms with Crippen LogP contribution in [0.15, 0.2) is 17.2 Å².